The van der Waals surface area contributed by atoms with Crippen molar-refractivity contribution in [2.24, 2.45) is 0 Å². The zero-order valence-electron chi connectivity index (χ0n) is 9.85. The van der Waals surface area contributed by atoms with Crippen LogP contribution in [0.1, 0.15) is 0 Å². The number of carboxylic acid groups (broad SMARTS) is 1. The highest BCUT2D eigenvalue weighted by Gasteiger charge is 2.13. The van der Waals surface area contributed by atoms with Crippen LogP contribution < -0.4 is 4.74 Å². The van der Waals surface area contributed by atoms with Gasteiger partial charge in [0.15, 0.2) is 5.75 Å². The van der Waals surface area contributed by atoms with Gasteiger partial charge in [-0.05, 0) is 24.3 Å². The van der Waals surface area contributed by atoms with Crippen molar-refractivity contribution in [1.82, 2.24) is 9.55 Å². The van der Waals surface area contributed by atoms with E-state index in [1.165, 1.54) is 0 Å². The van der Waals surface area contributed by atoms with E-state index in [2.05, 4.69) is 4.98 Å². The Hall–Kier alpha value is -2.82. The summed E-state index contributed by atoms with van der Waals surface area (Å²) in [6.45, 7) is 0. The van der Waals surface area contributed by atoms with Crippen LogP contribution in [-0.4, -0.2) is 20.8 Å². The average Bonchev–Trinajstić information content (AvgIpc) is 2.78. The topological polar surface area (TPSA) is 64.3 Å². The van der Waals surface area contributed by atoms with Crippen molar-refractivity contribution in [2.45, 2.75) is 0 Å². The summed E-state index contributed by atoms with van der Waals surface area (Å²) < 4.78 is 6.60. The zero-order valence-corrected chi connectivity index (χ0v) is 9.85. The molecule has 0 aliphatic heterocycles. The Kier molecular flexibility index (Phi) is 2.64. The molecular weight excluding hydrogens is 244 g/mol. The maximum atomic E-state index is 10.7. The Labute approximate surface area is 108 Å². The summed E-state index contributed by atoms with van der Waals surface area (Å²) in [5, 5.41) is 9.49. The van der Waals surface area contributed by atoms with Crippen LogP contribution in [0.4, 0.5) is 4.79 Å². The minimum absolute atomic E-state index is 0.300. The fourth-order valence-electron chi connectivity index (χ4n) is 2.01. The normalized spacial score (nSPS) is 10.5. The van der Waals surface area contributed by atoms with Crippen molar-refractivity contribution in [3.8, 4) is 11.6 Å². The molecular formula is C14H10N2O3. The van der Waals surface area contributed by atoms with Crippen molar-refractivity contribution in [2.75, 3.05) is 0 Å². The van der Waals surface area contributed by atoms with E-state index in [9.17, 15) is 4.79 Å². The second-order valence-electron chi connectivity index (χ2n) is 3.94. The molecule has 94 valence electrons. The molecule has 0 saturated heterocycles. The van der Waals surface area contributed by atoms with Gasteiger partial charge in [0.05, 0.1) is 11.7 Å². The summed E-state index contributed by atoms with van der Waals surface area (Å²) in [7, 11) is 0. The number of nitrogens with zero attached hydrogens (tertiary/aromatic N) is 2. The largest absolute Gasteiger partial charge is 0.511 e. The third kappa shape index (κ3) is 2.01. The van der Waals surface area contributed by atoms with E-state index in [0.717, 1.165) is 10.9 Å². The summed E-state index contributed by atoms with van der Waals surface area (Å²) in [6, 6.07) is 13.0. The molecule has 0 saturated carbocycles. The Bertz CT molecular complexity index is 735. The maximum Gasteiger partial charge on any atom is 0.511 e. The molecule has 2 heterocycles. The molecule has 5 heteroatoms. The molecule has 3 rings (SSSR count). The SMILES string of the molecule is O=C(O)Oc1cn(-c2ccccn2)c2ccccc12. The van der Waals surface area contributed by atoms with Crippen LogP contribution in [0.3, 0.4) is 0 Å². The van der Waals surface area contributed by atoms with E-state index >= 15 is 0 Å². The number of hydrogen-bond donors (Lipinski definition) is 1. The van der Waals surface area contributed by atoms with E-state index in [1.54, 1.807) is 17.0 Å². The van der Waals surface area contributed by atoms with Gasteiger partial charge in [-0.25, -0.2) is 9.78 Å². The van der Waals surface area contributed by atoms with Gasteiger partial charge in [0.1, 0.15) is 5.82 Å². The number of fused-ring (bicyclic) bond motifs is 1. The number of carbonyl (C=O) groups is 1. The first kappa shape index (κ1) is 11.3. The molecule has 0 unspecified atom stereocenters. The molecule has 0 bridgehead atoms. The fourth-order valence-corrected chi connectivity index (χ4v) is 2.01. The predicted octanol–water partition coefficient (Wildman–Crippen LogP) is 3.08. The molecule has 5 nitrogen and oxygen atoms in total. The van der Waals surface area contributed by atoms with Crippen molar-refractivity contribution in [1.29, 1.82) is 0 Å². The average molecular weight is 254 g/mol. The summed E-state index contributed by atoms with van der Waals surface area (Å²) >= 11 is 0. The summed E-state index contributed by atoms with van der Waals surface area (Å²) in [5.41, 5.74) is 0.845. The number of hydrogen-bond acceptors (Lipinski definition) is 3. The third-order valence-corrected chi connectivity index (χ3v) is 2.77. The van der Waals surface area contributed by atoms with Gasteiger partial charge in [0.25, 0.3) is 0 Å². The zero-order chi connectivity index (χ0) is 13.2. The Morgan fingerprint density at radius 3 is 2.68 bits per heavy atom. The Morgan fingerprint density at radius 2 is 1.95 bits per heavy atom. The van der Waals surface area contributed by atoms with E-state index in [1.807, 2.05) is 42.5 Å². The smallest absolute Gasteiger partial charge is 0.449 e. The highest BCUT2D eigenvalue weighted by atomic mass is 16.7. The van der Waals surface area contributed by atoms with Crippen LogP contribution in [0.15, 0.2) is 54.9 Å². The molecule has 0 atom stereocenters. The molecule has 0 radical (unpaired) electrons. The summed E-state index contributed by atoms with van der Waals surface area (Å²) in [4.78, 5) is 15.0. The second-order valence-corrected chi connectivity index (χ2v) is 3.94. The molecule has 0 aliphatic carbocycles. The van der Waals surface area contributed by atoms with Gasteiger partial charge in [-0.15, -0.1) is 0 Å². The Morgan fingerprint density at radius 1 is 1.16 bits per heavy atom. The number of para-hydroxylation sites is 1. The van der Waals surface area contributed by atoms with Crippen LogP contribution in [0.25, 0.3) is 16.7 Å². The predicted molar refractivity (Wildman–Crippen MR) is 69.7 cm³/mol. The molecule has 0 spiro atoms. The maximum absolute atomic E-state index is 10.7. The minimum atomic E-state index is -1.33. The molecule has 2 aromatic heterocycles. The first-order chi connectivity index (χ1) is 9.25. The van der Waals surface area contributed by atoms with Gasteiger partial charge in [-0.1, -0.05) is 18.2 Å². The second kappa shape index (κ2) is 4.45. The monoisotopic (exact) mass is 254 g/mol. The molecule has 3 aromatic rings. The van der Waals surface area contributed by atoms with Gasteiger partial charge >= 0.3 is 6.16 Å². The molecule has 0 fully saturated rings. The molecule has 0 aliphatic rings. The van der Waals surface area contributed by atoms with E-state index in [-0.39, 0.29) is 0 Å². The third-order valence-electron chi connectivity index (χ3n) is 2.77. The quantitative estimate of drug-likeness (QED) is 0.714. The van der Waals surface area contributed by atoms with Crippen LogP contribution >= 0.6 is 0 Å². The highest BCUT2D eigenvalue weighted by Crippen LogP contribution is 2.29. The van der Waals surface area contributed by atoms with E-state index < -0.39 is 6.16 Å². The van der Waals surface area contributed by atoms with Gasteiger partial charge in [-0.3, -0.25) is 4.57 Å². The molecule has 1 aromatic carbocycles. The van der Waals surface area contributed by atoms with Gasteiger partial charge in [0, 0.05) is 11.6 Å². The highest BCUT2D eigenvalue weighted by molar-refractivity contribution is 5.89. The van der Waals surface area contributed by atoms with Crippen molar-refractivity contribution < 1.29 is 14.6 Å². The minimum Gasteiger partial charge on any atom is -0.449 e. The molecule has 19 heavy (non-hydrogen) atoms. The number of benzene rings is 1. The first-order valence-electron chi connectivity index (χ1n) is 5.68. The number of ether oxygens (including phenoxy) is 1. The lowest BCUT2D eigenvalue weighted by atomic mass is 10.2. The fraction of sp³-hybridized carbons (Fsp3) is 0. The van der Waals surface area contributed by atoms with Crippen LogP contribution in [0.2, 0.25) is 0 Å². The van der Waals surface area contributed by atoms with E-state index in [4.69, 9.17) is 9.84 Å². The lowest BCUT2D eigenvalue weighted by Gasteiger charge is -2.02. The lowest BCUT2D eigenvalue weighted by molar-refractivity contribution is 0.145. The number of pyridine rings is 1. The molecule has 1 N–H and O–H groups in total. The van der Waals surface area contributed by atoms with Gasteiger partial charge < -0.3 is 9.84 Å². The molecule has 0 amide bonds. The summed E-state index contributed by atoms with van der Waals surface area (Å²) in [5.74, 6) is 1.01. The lowest BCUT2D eigenvalue weighted by Crippen LogP contribution is -2.02. The Balaban J connectivity index is 2.23. The standard InChI is InChI=1S/C14H10N2O3/c17-14(18)19-12-9-16(13-7-3-4-8-15-13)11-6-2-1-5-10(11)12/h1-9H,(H,17,18). The van der Waals surface area contributed by atoms with Gasteiger partial charge in [-0.2, -0.15) is 0 Å². The number of aromatic nitrogens is 2. The first-order valence-corrected chi connectivity index (χ1v) is 5.68. The van der Waals surface area contributed by atoms with Crippen LogP contribution in [-0.2, 0) is 0 Å². The van der Waals surface area contributed by atoms with Crippen molar-refractivity contribution >= 4 is 17.1 Å². The van der Waals surface area contributed by atoms with Crippen molar-refractivity contribution in [3.63, 3.8) is 0 Å². The van der Waals surface area contributed by atoms with E-state index in [0.29, 0.717) is 11.6 Å². The number of rotatable bonds is 2. The van der Waals surface area contributed by atoms with Crippen LogP contribution in [0.5, 0.6) is 5.75 Å². The van der Waals surface area contributed by atoms with Gasteiger partial charge in [0.2, 0.25) is 0 Å². The van der Waals surface area contributed by atoms with Crippen LogP contribution in [0, 0.1) is 0 Å². The summed E-state index contributed by atoms with van der Waals surface area (Å²) in [6.07, 6.45) is 1.98. The van der Waals surface area contributed by atoms with Crippen molar-refractivity contribution in [3.05, 3.63) is 54.9 Å².